The number of unbranched alkanes of at least 4 members (excludes halogenated alkanes) is 1. The summed E-state index contributed by atoms with van der Waals surface area (Å²) in [6.07, 6.45) is 13.0. The second-order valence-corrected chi connectivity index (χ2v) is 3.67. The standard InChI is InChI=1S/C11H19/c1-2-3-5-8-11-9-6-4-7-10-11/h1-2,11H,3-10H2. The maximum Gasteiger partial charge on any atom is -0.0348 e. The third kappa shape index (κ3) is 3.60. The molecule has 63 valence electrons. The third-order valence-electron chi connectivity index (χ3n) is 2.71. The monoisotopic (exact) mass is 151 g/mol. The van der Waals surface area contributed by atoms with Crippen LogP contribution in [0.15, 0.2) is 6.08 Å². The summed E-state index contributed by atoms with van der Waals surface area (Å²) in [6.45, 7) is 5.32. The van der Waals surface area contributed by atoms with Crippen molar-refractivity contribution in [1.82, 2.24) is 0 Å². The SMILES string of the molecule is [CH]=CCCCC1CCCCC1. The molecule has 1 fully saturated rings. The molecule has 0 aromatic heterocycles. The Balaban J connectivity index is 2.00. The van der Waals surface area contributed by atoms with Crippen molar-refractivity contribution in [2.24, 2.45) is 5.92 Å². The number of allylic oxidation sites excluding steroid dienone is 1. The Bertz CT molecular complexity index is 98.6. The van der Waals surface area contributed by atoms with Gasteiger partial charge in [0.15, 0.2) is 0 Å². The van der Waals surface area contributed by atoms with Gasteiger partial charge in [0.25, 0.3) is 0 Å². The molecular formula is C11H19. The van der Waals surface area contributed by atoms with E-state index in [1.165, 1.54) is 44.9 Å². The van der Waals surface area contributed by atoms with Crippen molar-refractivity contribution < 1.29 is 0 Å². The van der Waals surface area contributed by atoms with Gasteiger partial charge in [0.05, 0.1) is 0 Å². The molecule has 0 heteroatoms. The summed E-state index contributed by atoms with van der Waals surface area (Å²) >= 11 is 0. The van der Waals surface area contributed by atoms with E-state index < -0.39 is 0 Å². The van der Waals surface area contributed by atoms with E-state index in [1.54, 1.807) is 6.08 Å². The van der Waals surface area contributed by atoms with Gasteiger partial charge in [0.1, 0.15) is 0 Å². The fourth-order valence-corrected chi connectivity index (χ4v) is 2.00. The summed E-state index contributed by atoms with van der Waals surface area (Å²) in [5, 5.41) is 0. The summed E-state index contributed by atoms with van der Waals surface area (Å²) in [5.41, 5.74) is 0. The van der Waals surface area contributed by atoms with Crippen LogP contribution in [0.1, 0.15) is 51.4 Å². The molecule has 11 heavy (non-hydrogen) atoms. The highest BCUT2D eigenvalue weighted by molar-refractivity contribution is 4.68. The molecule has 1 aliphatic carbocycles. The highest BCUT2D eigenvalue weighted by Crippen LogP contribution is 2.27. The average Bonchev–Trinajstić information content (AvgIpc) is 2.07. The summed E-state index contributed by atoms with van der Waals surface area (Å²) in [5.74, 6) is 1.03. The highest BCUT2D eigenvalue weighted by atomic mass is 14.2. The Morgan fingerprint density at radius 1 is 1.18 bits per heavy atom. The normalized spacial score (nSPS) is 20.0. The Labute approximate surface area is 70.7 Å². The maximum atomic E-state index is 5.32. The molecule has 1 saturated carbocycles. The van der Waals surface area contributed by atoms with E-state index >= 15 is 0 Å². The van der Waals surface area contributed by atoms with Gasteiger partial charge in [-0.2, -0.15) is 0 Å². The summed E-state index contributed by atoms with van der Waals surface area (Å²) in [6, 6.07) is 0. The van der Waals surface area contributed by atoms with Crippen LogP contribution in [0, 0.1) is 12.5 Å². The fourth-order valence-electron chi connectivity index (χ4n) is 2.00. The summed E-state index contributed by atoms with van der Waals surface area (Å²) in [4.78, 5) is 0. The van der Waals surface area contributed by atoms with Crippen molar-refractivity contribution in [2.75, 3.05) is 0 Å². The van der Waals surface area contributed by atoms with Crippen LogP contribution in [0.2, 0.25) is 0 Å². The first-order chi connectivity index (χ1) is 5.43. The first kappa shape index (κ1) is 8.83. The zero-order chi connectivity index (χ0) is 7.94. The fraction of sp³-hybridized carbons (Fsp3) is 0.818. The molecule has 0 spiro atoms. The van der Waals surface area contributed by atoms with Crippen LogP contribution in [-0.2, 0) is 0 Å². The van der Waals surface area contributed by atoms with Crippen LogP contribution in [0.5, 0.6) is 0 Å². The molecule has 0 amide bonds. The molecule has 1 radical (unpaired) electrons. The molecule has 0 aliphatic heterocycles. The van der Waals surface area contributed by atoms with Crippen molar-refractivity contribution in [1.29, 1.82) is 0 Å². The van der Waals surface area contributed by atoms with E-state index in [0.29, 0.717) is 0 Å². The number of rotatable bonds is 4. The van der Waals surface area contributed by atoms with E-state index in [1.807, 2.05) is 0 Å². The van der Waals surface area contributed by atoms with Crippen LogP contribution in [0.25, 0.3) is 0 Å². The zero-order valence-electron chi connectivity index (χ0n) is 7.39. The number of hydrogen-bond acceptors (Lipinski definition) is 0. The first-order valence-electron chi connectivity index (χ1n) is 4.97. The quantitative estimate of drug-likeness (QED) is 0.537. The minimum atomic E-state index is 1.03. The maximum absolute atomic E-state index is 5.32. The van der Waals surface area contributed by atoms with Crippen LogP contribution >= 0.6 is 0 Å². The van der Waals surface area contributed by atoms with Crippen LogP contribution in [0.3, 0.4) is 0 Å². The number of hydrogen-bond donors (Lipinski definition) is 0. The van der Waals surface area contributed by atoms with E-state index in [9.17, 15) is 0 Å². The molecule has 0 atom stereocenters. The van der Waals surface area contributed by atoms with Gasteiger partial charge in [-0.15, -0.1) is 0 Å². The molecule has 0 nitrogen and oxygen atoms in total. The van der Waals surface area contributed by atoms with Gasteiger partial charge in [-0.05, 0) is 18.8 Å². The van der Waals surface area contributed by atoms with Gasteiger partial charge in [-0.3, -0.25) is 0 Å². The lowest BCUT2D eigenvalue weighted by molar-refractivity contribution is 0.333. The van der Waals surface area contributed by atoms with E-state index in [-0.39, 0.29) is 0 Å². The second kappa shape index (κ2) is 5.40. The van der Waals surface area contributed by atoms with Gasteiger partial charge < -0.3 is 0 Å². The minimum absolute atomic E-state index is 1.03. The smallest absolute Gasteiger partial charge is 0.0348 e. The highest BCUT2D eigenvalue weighted by Gasteiger charge is 2.11. The third-order valence-corrected chi connectivity index (χ3v) is 2.71. The Kier molecular flexibility index (Phi) is 4.33. The van der Waals surface area contributed by atoms with Crippen molar-refractivity contribution >= 4 is 0 Å². The van der Waals surface area contributed by atoms with Crippen molar-refractivity contribution in [3.05, 3.63) is 12.7 Å². The topological polar surface area (TPSA) is 0 Å². The molecule has 0 aromatic rings. The molecule has 0 aromatic carbocycles. The first-order valence-corrected chi connectivity index (χ1v) is 4.97. The van der Waals surface area contributed by atoms with Crippen LogP contribution in [-0.4, -0.2) is 0 Å². The summed E-state index contributed by atoms with van der Waals surface area (Å²) < 4.78 is 0. The van der Waals surface area contributed by atoms with E-state index in [2.05, 4.69) is 0 Å². The van der Waals surface area contributed by atoms with E-state index in [4.69, 9.17) is 6.58 Å². The molecule has 0 saturated heterocycles. The second-order valence-electron chi connectivity index (χ2n) is 3.67. The van der Waals surface area contributed by atoms with Gasteiger partial charge in [0, 0.05) is 0 Å². The molecule has 0 bridgehead atoms. The zero-order valence-corrected chi connectivity index (χ0v) is 7.39. The largest absolute Gasteiger partial charge is 0.0845 e. The minimum Gasteiger partial charge on any atom is -0.0845 e. The lowest BCUT2D eigenvalue weighted by Gasteiger charge is -2.20. The average molecular weight is 151 g/mol. The van der Waals surface area contributed by atoms with Gasteiger partial charge in [-0.1, -0.05) is 51.2 Å². The Morgan fingerprint density at radius 2 is 1.91 bits per heavy atom. The molecule has 1 aliphatic rings. The van der Waals surface area contributed by atoms with Crippen LogP contribution < -0.4 is 0 Å². The van der Waals surface area contributed by atoms with Crippen molar-refractivity contribution in [3.63, 3.8) is 0 Å². The van der Waals surface area contributed by atoms with E-state index in [0.717, 1.165) is 12.3 Å². The van der Waals surface area contributed by atoms with Crippen molar-refractivity contribution in [2.45, 2.75) is 51.4 Å². The molecule has 0 N–H and O–H groups in total. The lowest BCUT2D eigenvalue weighted by atomic mass is 9.86. The van der Waals surface area contributed by atoms with Gasteiger partial charge >= 0.3 is 0 Å². The predicted molar refractivity (Wildman–Crippen MR) is 49.3 cm³/mol. The molecule has 0 heterocycles. The molecule has 0 unspecified atom stereocenters. The lowest BCUT2D eigenvalue weighted by Crippen LogP contribution is -2.05. The van der Waals surface area contributed by atoms with Gasteiger partial charge in [-0.25, -0.2) is 0 Å². The Hall–Kier alpha value is -0.260. The molecular weight excluding hydrogens is 132 g/mol. The molecule has 1 rings (SSSR count). The Morgan fingerprint density at radius 3 is 2.55 bits per heavy atom. The summed E-state index contributed by atoms with van der Waals surface area (Å²) in [7, 11) is 0. The van der Waals surface area contributed by atoms with Gasteiger partial charge in [0.2, 0.25) is 0 Å². The van der Waals surface area contributed by atoms with Crippen LogP contribution in [0.4, 0.5) is 0 Å². The van der Waals surface area contributed by atoms with Crippen molar-refractivity contribution in [3.8, 4) is 0 Å². The predicted octanol–water partition coefficient (Wildman–Crippen LogP) is 3.73.